The highest BCUT2D eigenvalue weighted by Gasteiger charge is 2.18. The predicted octanol–water partition coefficient (Wildman–Crippen LogP) is 2.94. The summed E-state index contributed by atoms with van der Waals surface area (Å²) in [6.07, 6.45) is 1.64. The first kappa shape index (κ1) is 16.6. The fraction of sp³-hybridized carbons (Fsp3) is 0.467. The number of hydrogen-bond acceptors (Lipinski definition) is 8. The molecule has 0 aliphatic carbocycles. The first-order valence-corrected chi connectivity index (χ1v) is 8.63. The second-order valence-electron chi connectivity index (χ2n) is 5.96. The topological polar surface area (TPSA) is 86.0 Å². The molecule has 0 aliphatic heterocycles. The number of hydrogen-bond donors (Lipinski definition) is 0. The monoisotopic (exact) mass is 348 g/mol. The van der Waals surface area contributed by atoms with Gasteiger partial charge < -0.3 is 13.8 Å². The second kappa shape index (κ2) is 7.08. The zero-order chi connectivity index (χ0) is 17.1. The van der Waals surface area contributed by atoms with Crippen LogP contribution in [0.1, 0.15) is 19.7 Å². The Morgan fingerprint density at radius 1 is 1.29 bits per heavy atom. The molecule has 0 N–H and O–H groups in total. The summed E-state index contributed by atoms with van der Waals surface area (Å²) < 4.78 is 12.8. The summed E-state index contributed by atoms with van der Waals surface area (Å²) in [5.41, 5.74) is 0. The Hall–Kier alpha value is -2.29. The Labute approximate surface area is 144 Å². The quantitative estimate of drug-likeness (QED) is 0.602. The van der Waals surface area contributed by atoms with Gasteiger partial charge in [-0.1, -0.05) is 25.6 Å². The van der Waals surface area contributed by atoms with Crippen molar-refractivity contribution in [1.82, 2.24) is 24.9 Å². The lowest BCUT2D eigenvalue weighted by Gasteiger charge is -2.10. The molecule has 0 fully saturated rings. The van der Waals surface area contributed by atoms with Gasteiger partial charge in [0.25, 0.3) is 5.95 Å². The van der Waals surface area contributed by atoms with E-state index in [9.17, 15) is 0 Å². The van der Waals surface area contributed by atoms with Crippen LogP contribution < -0.4 is 4.90 Å². The molecule has 3 aromatic rings. The van der Waals surface area contributed by atoms with Crippen LogP contribution in [0.5, 0.6) is 0 Å². The summed E-state index contributed by atoms with van der Waals surface area (Å²) in [6.45, 7) is 5.11. The van der Waals surface area contributed by atoms with Gasteiger partial charge in [0.2, 0.25) is 5.89 Å². The predicted molar refractivity (Wildman–Crippen MR) is 90.7 cm³/mol. The van der Waals surface area contributed by atoms with Gasteiger partial charge in [-0.25, -0.2) is 0 Å². The standard InChI is InChI=1S/C15H20N6O2S/c1-10(2)8-21-13(11-6-5-7-22-11)17-18-15(21)24-9-12-16-14(19-23-12)20(3)4/h5-7,10H,8-9H2,1-4H3. The molecule has 0 aliphatic rings. The van der Waals surface area contributed by atoms with Gasteiger partial charge >= 0.3 is 0 Å². The van der Waals surface area contributed by atoms with Crippen molar-refractivity contribution in [3.63, 3.8) is 0 Å². The highest BCUT2D eigenvalue weighted by Crippen LogP contribution is 2.27. The van der Waals surface area contributed by atoms with Gasteiger partial charge in [0.05, 0.1) is 12.0 Å². The Balaban J connectivity index is 1.79. The van der Waals surface area contributed by atoms with Crippen LogP contribution in [0.2, 0.25) is 0 Å². The lowest BCUT2D eigenvalue weighted by Crippen LogP contribution is -2.10. The largest absolute Gasteiger partial charge is 0.461 e. The van der Waals surface area contributed by atoms with Crippen LogP contribution in [0.4, 0.5) is 5.95 Å². The molecule has 8 nitrogen and oxygen atoms in total. The molecule has 3 heterocycles. The molecule has 24 heavy (non-hydrogen) atoms. The molecule has 9 heteroatoms. The number of furan rings is 1. The third-order valence-corrected chi connectivity index (χ3v) is 4.14. The summed E-state index contributed by atoms with van der Waals surface area (Å²) in [7, 11) is 3.74. The Morgan fingerprint density at radius 3 is 2.75 bits per heavy atom. The fourth-order valence-electron chi connectivity index (χ4n) is 2.13. The Bertz CT molecular complexity index is 778. The van der Waals surface area contributed by atoms with Crippen molar-refractivity contribution < 1.29 is 8.94 Å². The number of thioether (sulfide) groups is 1. The van der Waals surface area contributed by atoms with Gasteiger partial charge in [-0.15, -0.1) is 10.2 Å². The Kier molecular flexibility index (Phi) is 4.89. The smallest absolute Gasteiger partial charge is 0.265 e. The molecular weight excluding hydrogens is 328 g/mol. The lowest BCUT2D eigenvalue weighted by molar-refractivity contribution is 0.390. The molecule has 3 rings (SSSR count). The minimum Gasteiger partial charge on any atom is -0.461 e. The van der Waals surface area contributed by atoms with Gasteiger partial charge in [0, 0.05) is 20.6 Å². The first-order valence-electron chi connectivity index (χ1n) is 7.64. The molecule has 0 radical (unpaired) electrons. The van der Waals surface area contributed by atoms with Crippen molar-refractivity contribution in [1.29, 1.82) is 0 Å². The number of nitrogens with zero attached hydrogens (tertiary/aromatic N) is 6. The van der Waals surface area contributed by atoms with E-state index in [4.69, 9.17) is 8.94 Å². The maximum Gasteiger partial charge on any atom is 0.265 e. The van der Waals surface area contributed by atoms with E-state index in [-0.39, 0.29) is 0 Å². The van der Waals surface area contributed by atoms with Gasteiger partial charge in [-0.05, 0) is 23.2 Å². The van der Waals surface area contributed by atoms with Gasteiger partial charge in [0.15, 0.2) is 16.7 Å². The van der Waals surface area contributed by atoms with Crippen molar-refractivity contribution in [2.75, 3.05) is 19.0 Å². The van der Waals surface area contributed by atoms with E-state index in [1.54, 1.807) is 11.2 Å². The third-order valence-electron chi connectivity index (χ3n) is 3.19. The summed E-state index contributed by atoms with van der Waals surface area (Å²) in [4.78, 5) is 6.12. The Morgan fingerprint density at radius 2 is 2.12 bits per heavy atom. The second-order valence-corrected chi connectivity index (χ2v) is 6.90. The summed E-state index contributed by atoms with van der Waals surface area (Å²) in [5, 5.41) is 13.3. The van der Waals surface area contributed by atoms with Crippen molar-refractivity contribution in [3.05, 3.63) is 24.3 Å². The SMILES string of the molecule is CC(C)Cn1c(SCc2nc(N(C)C)no2)nnc1-c1ccco1. The van der Waals surface area contributed by atoms with Crippen molar-refractivity contribution in [2.24, 2.45) is 5.92 Å². The average Bonchev–Trinajstić information content (AvgIpc) is 3.25. The van der Waals surface area contributed by atoms with Gasteiger partial charge in [-0.2, -0.15) is 4.98 Å². The maximum absolute atomic E-state index is 5.47. The first-order chi connectivity index (χ1) is 11.5. The van der Waals surface area contributed by atoms with E-state index in [0.717, 1.165) is 17.5 Å². The maximum atomic E-state index is 5.47. The molecule has 0 aromatic carbocycles. The number of rotatable bonds is 7. The van der Waals surface area contributed by atoms with E-state index >= 15 is 0 Å². The summed E-state index contributed by atoms with van der Waals surface area (Å²) >= 11 is 1.52. The number of aromatic nitrogens is 5. The van der Waals surface area contributed by atoms with Crippen molar-refractivity contribution in [2.45, 2.75) is 31.3 Å². The van der Waals surface area contributed by atoms with Gasteiger partial charge in [-0.3, -0.25) is 4.57 Å². The van der Waals surface area contributed by atoms with Gasteiger partial charge in [0.1, 0.15) is 0 Å². The molecule has 0 atom stereocenters. The van der Waals surface area contributed by atoms with Crippen LogP contribution >= 0.6 is 11.8 Å². The molecule has 0 saturated heterocycles. The van der Waals surface area contributed by atoms with E-state index < -0.39 is 0 Å². The average molecular weight is 348 g/mol. The minimum absolute atomic E-state index is 0.456. The zero-order valence-corrected chi connectivity index (χ0v) is 14.9. The van der Waals surface area contributed by atoms with Crippen LogP contribution in [-0.2, 0) is 12.3 Å². The molecule has 0 bridgehead atoms. The van der Waals surface area contributed by atoms with Crippen LogP contribution in [0.25, 0.3) is 11.6 Å². The summed E-state index contributed by atoms with van der Waals surface area (Å²) in [6, 6.07) is 3.73. The lowest BCUT2D eigenvalue weighted by atomic mass is 10.2. The van der Waals surface area contributed by atoms with Crippen LogP contribution in [0.3, 0.4) is 0 Å². The van der Waals surface area contributed by atoms with E-state index in [2.05, 4.69) is 38.8 Å². The molecular formula is C15H20N6O2S. The normalized spacial score (nSPS) is 11.4. The molecule has 0 amide bonds. The summed E-state index contributed by atoms with van der Waals surface area (Å²) in [5.74, 6) is 3.55. The third kappa shape index (κ3) is 3.61. The van der Waals surface area contributed by atoms with E-state index in [1.165, 1.54) is 11.8 Å². The minimum atomic E-state index is 0.456. The van der Waals surface area contributed by atoms with E-state index in [0.29, 0.717) is 29.3 Å². The van der Waals surface area contributed by atoms with Crippen molar-refractivity contribution >= 4 is 17.7 Å². The molecule has 0 saturated carbocycles. The van der Waals surface area contributed by atoms with Crippen LogP contribution in [-0.4, -0.2) is 39.0 Å². The molecule has 3 aromatic heterocycles. The fourth-order valence-corrected chi connectivity index (χ4v) is 2.91. The molecule has 128 valence electrons. The van der Waals surface area contributed by atoms with E-state index in [1.807, 2.05) is 26.2 Å². The van der Waals surface area contributed by atoms with Crippen molar-refractivity contribution in [3.8, 4) is 11.6 Å². The highest BCUT2D eigenvalue weighted by atomic mass is 32.2. The zero-order valence-electron chi connectivity index (χ0n) is 14.1. The molecule has 0 unspecified atom stereocenters. The van der Waals surface area contributed by atoms with Crippen LogP contribution in [0.15, 0.2) is 32.5 Å². The molecule has 0 spiro atoms. The van der Waals surface area contributed by atoms with Crippen LogP contribution in [0, 0.1) is 5.92 Å². The number of anilines is 1. The highest BCUT2D eigenvalue weighted by molar-refractivity contribution is 7.98.